The Balaban J connectivity index is 2.04. The molecule has 1 aliphatic rings. The molecule has 0 unspecified atom stereocenters. The quantitative estimate of drug-likeness (QED) is 0.778. The van der Waals surface area contributed by atoms with Crippen molar-refractivity contribution in [1.82, 2.24) is 10.3 Å². The van der Waals surface area contributed by atoms with Crippen molar-refractivity contribution in [2.75, 3.05) is 17.8 Å². The van der Waals surface area contributed by atoms with Crippen LogP contribution in [0.1, 0.15) is 33.6 Å². The van der Waals surface area contributed by atoms with Crippen molar-refractivity contribution in [1.29, 1.82) is 0 Å². The highest BCUT2D eigenvalue weighted by Gasteiger charge is 2.39. The maximum Gasteiger partial charge on any atom is 0.250 e. The minimum atomic E-state index is -3.39. The number of rotatable bonds is 5. The highest BCUT2D eigenvalue weighted by molar-refractivity contribution is 7.93. The summed E-state index contributed by atoms with van der Waals surface area (Å²) in [6.45, 7) is 12.3. The first-order valence-corrected chi connectivity index (χ1v) is 12.8. The molecule has 0 bridgehead atoms. The van der Waals surface area contributed by atoms with Crippen LogP contribution in [0.3, 0.4) is 0 Å². The first-order chi connectivity index (χ1) is 11.0. The molecule has 8 heteroatoms. The highest BCUT2D eigenvalue weighted by atomic mass is 32.2. The zero-order valence-electron chi connectivity index (χ0n) is 15.2. The van der Waals surface area contributed by atoms with Crippen molar-refractivity contribution in [3.05, 3.63) is 18.3 Å². The van der Waals surface area contributed by atoms with Gasteiger partial charge in [-0.1, -0.05) is 20.8 Å². The van der Waals surface area contributed by atoms with E-state index in [0.717, 1.165) is 13.1 Å². The predicted octanol–water partition coefficient (Wildman–Crippen LogP) is 2.96. The topological polar surface area (TPSA) is 80.3 Å². The molecule has 0 aromatic carbocycles. The Morgan fingerprint density at radius 2 is 1.88 bits per heavy atom. The van der Waals surface area contributed by atoms with Crippen LogP contribution >= 0.6 is 0 Å². The molecule has 24 heavy (non-hydrogen) atoms. The van der Waals surface area contributed by atoms with Crippen LogP contribution in [0, 0.1) is 0 Å². The second kappa shape index (κ2) is 7.01. The standard InChI is InChI=1S/C16H29N3O3SSi/c1-16(2,3)24(4,5)22-13-6-7-15(18-12-13)19-23(20,21)14-8-10-17-11-9-14/h6-7,12,14,17H,8-11H2,1-5H3,(H,18,19). The van der Waals surface area contributed by atoms with Gasteiger partial charge in [0.1, 0.15) is 11.6 Å². The average Bonchev–Trinajstić information content (AvgIpc) is 2.48. The third-order valence-electron chi connectivity index (χ3n) is 4.89. The van der Waals surface area contributed by atoms with Gasteiger partial charge in [0.15, 0.2) is 0 Å². The van der Waals surface area contributed by atoms with E-state index in [0.29, 0.717) is 24.4 Å². The van der Waals surface area contributed by atoms with E-state index in [1.165, 1.54) is 0 Å². The van der Waals surface area contributed by atoms with Crippen LogP contribution in [0.25, 0.3) is 0 Å². The van der Waals surface area contributed by atoms with Crippen molar-refractivity contribution < 1.29 is 12.8 Å². The predicted molar refractivity (Wildman–Crippen MR) is 100 cm³/mol. The fourth-order valence-corrected chi connectivity index (χ4v) is 4.74. The fourth-order valence-electron chi connectivity index (χ4n) is 2.28. The van der Waals surface area contributed by atoms with Crippen molar-refractivity contribution >= 4 is 24.2 Å². The SMILES string of the molecule is CC(C)(C)[Si](C)(C)Oc1ccc(NS(=O)(=O)C2CCNCC2)nc1. The Labute approximate surface area is 146 Å². The summed E-state index contributed by atoms with van der Waals surface area (Å²) in [5.74, 6) is 1.03. The van der Waals surface area contributed by atoms with Gasteiger partial charge in [-0.3, -0.25) is 4.72 Å². The highest BCUT2D eigenvalue weighted by Crippen LogP contribution is 2.37. The molecule has 2 heterocycles. The Kier molecular flexibility index (Phi) is 5.61. The summed E-state index contributed by atoms with van der Waals surface area (Å²) in [6, 6.07) is 3.45. The lowest BCUT2D eigenvalue weighted by atomic mass is 10.2. The van der Waals surface area contributed by atoms with Gasteiger partial charge in [-0.05, 0) is 56.2 Å². The number of anilines is 1. The van der Waals surface area contributed by atoms with Gasteiger partial charge in [-0.15, -0.1) is 0 Å². The van der Waals surface area contributed by atoms with Crippen LogP contribution in [0.4, 0.5) is 5.82 Å². The molecule has 1 aromatic rings. The first kappa shape index (κ1) is 19.2. The van der Waals surface area contributed by atoms with Crippen molar-refractivity contribution in [2.24, 2.45) is 0 Å². The van der Waals surface area contributed by atoms with E-state index in [9.17, 15) is 8.42 Å². The molecule has 2 rings (SSSR count). The molecule has 1 fully saturated rings. The van der Waals surface area contributed by atoms with E-state index in [-0.39, 0.29) is 10.3 Å². The number of aromatic nitrogens is 1. The van der Waals surface area contributed by atoms with E-state index < -0.39 is 18.3 Å². The Morgan fingerprint density at radius 3 is 2.38 bits per heavy atom. The lowest BCUT2D eigenvalue weighted by Gasteiger charge is -2.36. The minimum Gasteiger partial charge on any atom is -0.542 e. The van der Waals surface area contributed by atoms with E-state index in [1.54, 1.807) is 18.3 Å². The number of sulfonamides is 1. The monoisotopic (exact) mass is 371 g/mol. The van der Waals surface area contributed by atoms with E-state index in [2.05, 4.69) is 48.9 Å². The molecule has 0 atom stereocenters. The summed E-state index contributed by atoms with van der Waals surface area (Å²) in [7, 11) is -5.31. The molecule has 6 nitrogen and oxygen atoms in total. The largest absolute Gasteiger partial charge is 0.542 e. The molecule has 2 N–H and O–H groups in total. The molecule has 0 saturated carbocycles. The second-order valence-electron chi connectivity index (χ2n) is 7.84. The lowest BCUT2D eigenvalue weighted by molar-refractivity contribution is 0.490. The average molecular weight is 372 g/mol. The van der Waals surface area contributed by atoms with Crippen LogP contribution < -0.4 is 14.5 Å². The summed E-state index contributed by atoms with van der Waals surface area (Å²) in [4.78, 5) is 4.22. The zero-order chi connectivity index (χ0) is 18.0. The Morgan fingerprint density at radius 1 is 1.25 bits per heavy atom. The minimum absolute atomic E-state index is 0.0995. The van der Waals surface area contributed by atoms with Crippen LogP contribution in [-0.4, -0.2) is 40.1 Å². The van der Waals surface area contributed by atoms with Crippen LogP contribution in [0.5, 0.6) is 5.75 Å². The number of pyridine rings is 1. The fraction of sp³-hybridized carbons (Fsp3) is 0.688. The van der Waals surface area contributed by atoms with Gasteiger partial charge in [-0.2, -0.15) is 0 Å². The van der Waals surface area contributed by atoms with Crippen molar-refractivity contribution in [3.8, 4) is 5.75 Å². The van der Waals surface area contributed by atoms with Crippen LogP contribution in [0.15, 0.2) is 18.3 Å². The van der Waals surface area contributed by atoms with Crippen molar-refractivity contribution in [3.63, 3.8) is 0 Å². The molecule has 1 aliphatic heterocycles. The van der Waals surface area contributed by atoms with Gasteiger partial charge in [-0.25, -0.2) is 13.4 Å². The molecule has 0 radical (unpaired) electrons. The summed E-state index contributed by atoms with van der Waals surface area (Å²) in [5.41, 5.74) is 0. The van der Waals surface area contributed by atoms with Gasteiger partial charge in [0, 0.05) is 0 Å². The second-order valence-corrected chi connectivity index (χ2v) is 14.5. The normalized spacial score (nSPS) is 17.5. The van der Waals surface area contributed by atoms with Crippen LogP contribution in [-0.2, 0) is 10.0 Å². The Hall–Kier alpha value is -1.12. The number of nitrogens with zero attached hydrogens (tertiary/aromatic N) is 1. The lowest BCUT2D eigenvalue weighted by Crippen LogP contribution is -2.43. The molecular weight excluding hydrogens is 342 g/mol. The number of nitrogens with one attached hydrogen (secondary N) is 2. The molecular formula is C16H29N3O3SSi. The zero-order valence-corrected chi connectivity index (χ0v) is 17.0. The molecule has 1 aromatic heterocycles. The number of piperidine rings is 1. The van der Waals surface area contributed by atoms with Gasteiger partial charge in [0.05, 0.1) is 11.4 Å². The van der Waals surface area contributed by atoms with Gasteiger partial charge < -0.3 is 9.74 Å². The van der Waals surface area contributed by atoms with Gasteiger partial charge in [0.25, 0.3) is 8.32 Å². The molecule has 0 amide bonds. The number of hydrogen-bond donors (Lipinski definition) is 2. The third kappa shape index (κ3) is 4.70. The summed E-state index contributed by atoms with van der Waals surface area (Å²) < 4.78 is 33.5. The van der Waals surface area contributed by atoms with E-state index >= 15 is 0 Å². The molecule has 136 valence electrons. The Bertz CT molecular complexity index is 648. The summed E-state index contributed by atoms with van der Waals surface area (Å²) in [5, 5.41) is 2.91. The number of hydrogen-bond acceptors (Lipinski definition) is 5. The van der Waals surface area contributed by atoms with Gasteiger partial charge >= 0.3 is 0 Å². The van der Waals surface area contributed by atoms with Crippen molar-refractivity contribution in [2.45, 2.75) is 57.0 Å². The smallest absolute Gasteiger partial charge is 0.250 e. The molecule has 0 spiro atoms. The maximum absolute atomic E-state index is 12.4. The summed E-state index contributed by atoms with van der Waals surface area (Å²) in [6.07, 6.45) is 2.85. The maximum atomic E-state index is 12.4. The van der Waals surface area contributed by atoms with Gasteiger partial charge in [0.2, 0.25) is 10.0 Å². The molecule has 0 aliphatic carbocycles. The van der Waals surface area contributed by atoms with E-state index in [4.69, 9.17) is 4.43 Å². The third-order valence-corrected chi connectivity index (χ3v) is 11.1. The molecule has 1 saturated heterocycles. The first-order valence-electron chi connectivity index (χ1n) is 8.39. The van der Waals surface area contributed by atoms with Crippen LogP contribution in [0.2, 0.25) is 18.1 Å². The van der Waals surface area contributed by atoms with E-state index in [1.807, 2.05) is 0 Å². The summed E-state index contributed by atoms with van der Waals surface area (Å²) >= 11 is 0.